The third-order valence-electron chi connectivity index (χ3n) is 5.96. The molecule has 168 valence electrons. The highest BCUT2D eigenvalue weighted by Crippen LogP contribution is 2.15. The van der Waals surface area contributed by atoms with E-state index in [1.165, 1.54) is 141 Å². The van der Waals surface area contributed by atoms with E-state index >= 15 is 0 Å². The molecular weight excluding hydrogens is 340 g/mol. The van der Waals surface area contributed by atoms with Crippen molar-refractivity contribution < 1.29 is 0 Å². The normalized spacial score (nSPS) is 11.6. The Morgan fingerprint density at radius 1 is 0.357 bits per heavy atom. The van der Waals surface area contributed by atoms with Crippen LogP contribution in [0.5, 0.6) is 0 Å². The molecule has 0 aliphatic rings. The van der Waals surface area contributed by atoms with Crippen LogP contribution in [-0.4, -0.2) is 6.54 Å². The lowest BCUT2D eigenvalue weighted by molar-refractivity contribution is 0.519. The van der Waals surface area contributed by atoms with Gasteiger partial charge in [-0.1, -0.05) is 134 Å². The molecule has 0 rings (SSSR count). The van der Waals surface area contributed by atoms with Gasteiger partial charge >= 0.3 is 0 Å². The number of rotatable bonds is 24. The van der Waals surface area contributed by atoms with Crippen LogP contribution in [0.2, 0.25) is 0 Å². The molecule has 0 bridgehead atoms. The minimum atomic E-state index is 0.870. The predicted octanol–water partition coefficient (Wildman–Crippen LogP) is 8.39. The molecule has 2 heteroatoms. The third kappa shape index (κ3) is 25.5. The number of unbranched alkanes of at least 4 members (excludes halogenated alkanes) is 22. The average molecular weight is 395 g/mol. The fourth-order valence-corrected chi connectivity index (χ4v) is 4.04. The van der Waals surface area contributed by atoms with Crippen LogP contribution in [0.1, 0.15) is 148 Å². The van der Waals surface area contributed by atoms with Crippen LogP contribution in [-0.2, 0) is 0 Å². The summed E-state index contributed by atoms with van der Waals surface area (Å²) in [5.74, 6) is 0. The van der Waals surface area contributed by atoms with Gasteiger partial charge in [0.1, 0.15) is 0 Å². The first-order chi connectivity index (χ1) is 13.9. The molecule has 4 N–H and O–H groups in total. The first kappa shape index (κ1) is 27.5. The minimum absolute atomic E-state index is 0.870. The second-order valence-electron chi connectivity index (χ2n) is 8.78. The molecule has 0 aromatic rings. The number of nitrogens with two attached hydrogens (primary N) is 2. The maximum atomic E-state index is 5.52. The molecule has 0 atom stereocenters. The van der Waals surface area contributed by atoms with Gasteiger partial charge in [0.25, 0.3) is 0 Å². The van der Waals surface area contributed by atoms with Crippen LogP contribution in [0.25, 0.3) is 0 Å². The second kappa shape index (κ2) is 26.5. The number of allylic oxidation sites excluding steroid dienone is 1. The van der Waals surface area contributed by atoms with E-state index in [-0.39, 0.29) is 0 Å². The van der Waals surface area contributed by atoms with Crippen LogP contribution in [0.4, 0.5) is 0 Å². The van der Waals surface area contributed by atoms with Crippen molar-refractivity contribution in [1.82, 2.24) is 0 Å². The van der Waals surface area contributed by atoms with Crippen molar-refractivity contribution in [2.45, 2.75) is 148 Å². The monoisotopic (exact) mass is 394 g/mol. The van der Waals surface area contributed by atoms with Crippen molar-refractivity contribution in [3.63, 3.8) is 0 Å². The molecule has 0 fully saturated rings. The second-order valence-corrected chi connectivity index (χ2v) is 8.78. The summed E-state index contributed by atoms with van der Waals surface area (Å²) in [5, 5.41) is 0. The van der Waals surface area contributed by atoms with Crippen molar-refractivity contribution >= 4 is 0 Å². The molecule has 0 unspecified atom stereocenters. The van der Waals surface area contributed by atoms with E-state index in [4.69, 9.17) is 11.5 Å². The van der Waals surface area contributed by atoms with Gasteiger partial charge in [-0.25, -0.2) is 0 Å². The largest absolute Gasteiger partial charge is 0.405 e. The zero-order valence-electron chi connectivity index (χ0n) is 19.3. The third-order valence-corrected chi connectivity index (χ3v) is 5.96. The van der Waals surface area contributed by atoms with Gasteiger partial charge in [-0.3, -0.25) is 0 Å². The van der Waals surface area contributed by atoms with E-state index < -0.39 is 0 Å². The molecule has 0 radical (unpaired) electrons. The maximum Gasteiger partial charge on any atom is -0.00773 e. The molecule has 0 aromatic carbocycles. The Labute approximate surface area is 178 Å². The van der Waals surface area contributed by atoms with Crippen molar-refractivity contribution in [2.75, 3.05) is 6.54 Å². The highest BCUT2D eigenvalue weighted by molar-refractivity contribution is 4.74. The van der Waals surface area contributed by atoms with E-state index in [0.29, 0.717) is 0 Å². The van der Waals surface area contributed by atoms with E-state index in [0.717, 1.165) is 13.0 Å². The Bertz CT molecular complexity index is 288. The Morgan fingerprint density at radius 2 is 0.607 bits per heavy atom. The Kier molecular flexibility index (Phi) is 26.0. The van der Waals surface area contributed by atoms with Gasteiger partial charge < -0.3 is 11.5 Å². The Morgan fingerprint density at radius 3 is 0.857 bits per heavy atom. The maximum absolute atomic E-state index is 5.52. The molecule has 2 nitrogen and oxygen atoms in total. The molecule has 0 spiro atoms. The fourth-order valence-electron chi connectivity index (χ4n) is 4.04. The number of hydrogen-bond donors (Lipinski definition) is 2. The lowest BCUT2D eigenvalue weighted by Gasteiger charge is -2.04. The summed E-state index contributed by atoms with van der Waals surface area (Å²) in [6, 6.07) is 0. The minimum Gasteiger partial charge on any atom is -0.405 e. The van der Waals surface area contributed by atoms with Gasteiger partial charge in [-0.05, 0) is 32.0 Å². The molecule has 0 aliphatic carbocycles. The molecule has 28 heavy (non-hydrogen) atoms. The van der Waals surface area contributed by atoms with Crippen molar-refractivity contribution in [3.8, 4) is 0 Å². The van der Waals surface area contributed by atoms with E-state index in [2.05, 4.69) is 6.08 Å². The van der Waals surface area contributed by atoms with E-state index in [1.54, 1.807) is 6.20 Å². The van der Waals surface area contributed by atoms with E-state index in [1.807, 2.05) is 0 Å². The SMILES string of the molecule is NC=CCCCCCCCCCCCCCCCCCCCCCCCCN. The van der Waals surface area contributed by atoms with Gasteiger partial charge in [0.15, 0.2) is 0 Å². The molecular formula is C26H54N2. The lowest BCUT2D eigenvalue weighted by atomic mass is 10.0. The van der Waals surface area contributed by atoms with Gasteiger partial charge in [0.05, 0.1) is 0 Å². The molecule has 0 aliphatic heterocycles. The summed E-state index contributed by atoms with van der Waals surface area (Å²) in [6.07, 6.45) is 36.3. The Balaban J connectivity index is 2.98. The predicted molar refractivity (Wildman–Crippen MR) is 129 cm³/mol. The average Bonchev–Trinajstić information content (AvgIpc) is 2.71. The van der Waals surface area contributed by atoms with Gasteiger partial charge in [-0.2, -0.15) is 0 Å². The van der Waals surface area contributed by atoms with Crippen molar-refractivity contribution in [3.05, 3.63) is 12.3 Å². The summed E-state index contributed by atoms with van der Waals surface area (Å²) < 4.78 is 0. The topological polar surface area (TPSA) is 52.0 Å². The molecule has 0 saturated carbocycles. The summed E-state index contributed by atoms with van der Waals surface area (Å²) in [7, 11) is 0. The molecule has 0 heterocycles. The van der Waals surface area contributed by atoms with Crippen LogP contribution < -0.4 is 11.5 Å². The van der Waals surface area contributed by atoms with Crippen molar-refractivity contribution in [2.24, 2.45) is 11.5 Å². The van der Waals surface area contributed by atoms with Crippen LogP contribution in [0.3, 0.4) is 0 Å². The summed E-state index contributed by atoms with van der Waals surface area (Å²) in [6.45, 7) is 0.870. The summed E-state index contributed by atoms with van der Waals surface area (Å²) >= 11 is 0. The quantitative estimate of drug-likeness (QED) is 0.161. The smallest absolute Gasteiger partial charge is 0.00773 e. The van der Waals surface area contributed by atoms with Crippen LogP contribution in [0, 0.1) is 0 Å². The van der Waals surface area contributed by atoms with Gasteiger partial charge in [0.2, 0.25) is 0 Å². The first-order valence-electron chi connectivity index (χ1n) is 13.0. The highest BCUT2D eigenvalue weighted by atomic mass is 14.5. The standard InChI is InChI=1S/C26H54N2/c27-25-23-21-19-17-15-13-11-9-7-5-3-1-2-4-6-8-10-12-14-16-18-20-22-24-26-28/h23,25H,1-22,24,26-28H2. The van der Waals surface area contributed by atoms with Gasteiger partial charge in [0, 0.05) is 0 Å². The molecule has 0 saturated heterocycles. The lowest BCUT2D eigenvalue weighted by Crippen LogP contribution is -1.97. The molecule has 0 aromatic heterocycles. The highest BCUT2D eigenvalue weighted by Gasteiger charge is 1.95. The van der Waals surface area contributed by atoms with Crippen LogP contribution in [0.15, 0.2) is 12.3 Å². The summed E-state index contributed by atoms with van der Waals surface area (Å²) in [5.41, 5.74) is 10.9. The van der Waals surface area contributed by atoms with Crippen LogP contribution >= 0.6 is 0 Å². The zero-order chi connectivity index (χ0) is 20.4. The molecule has 0 amide bonds. The van der Waals surface area contributed by atoms with Gasteiger partial charge in [-0.15, -0.1) is 0 Å². The first-order valence-corrected chi connectivity index (χ1v) is 13.0. The van der Waals surface area contributed by atoms with Crippen molar-refractivity contribution in [1.29, 1.82) is 0 Å². The Hall–Kier alpha value is -0.500. The van der Waals surface area contributed by atoms with E-state index in [9.17, 15) is 0 Å². The summed E-state index contributed by atoms with van der Waals surface area (Å²) in [4.78, 5) is 0. The number of hydrogen-bond acceptors (Lipinski definition) is 2. The fraction of sp³-hybridized carbons (Fsp3) is 0.923. The zero-order valence-corrected chi connectivity index (χ0v) is 19.3.